The van der Waals surface area contributed by atoms with Crippen molar-refractivity contribution in [2.45, 2.75) is 58.7 Å². The van der Waals surface area contributed by atoms with E-state index in [0.717, 1.165) is 38.9 Å². The monoisotopic (exact) mass is 264 g/mol. The van der Waals surface area contributed by atoms with E-state index in [0.29, 0.717) is 0 Å². The van der Waals surface area contributed by atoms with Gasteiger partial charge in [0.2, 0.25) is 0 Å². The summed E-state index contributed by atoms with van der Waals surface area (Å²) in [5, 5.41) is 3.42. The maximum Gasteiger partial charge on any atom is 0.109 e. The van der Waals surface area contributed by atoms with Crippen LogP contribution >= 0.6 is 0 Å². The van der Waals surface area contributed by atoms with Gasteiger partial charge in [0.15, 0.2) is 0 Å². The third kappa shape index (κ3) is 3.00. The summed E-state index contributed by atoms with van der Waals surface area (Å²) in [4.78, 5) is 7.17. The van der Waals surface area contributed by atoms with Gasteiger partial charge in [-0.3, -0.25) is 0 Å². The van der Waals surface area contributed by atoms with Crippen molar-refractivity contribution in [2.24, 2.45) is 0 Å². The predicted octanol–water partition coefficient (Wildman–Crippen LogP) is 1.82. The minimum absolute atomic E-state index is 0.155. The second kappa shape index (κ2) is 5.63. The standard InChI is InChI=1S/C15H28N4/c1-6-7-14-17-12-10-16-9-8-13(12)19(14)11-15(2,3)18(4)5/h16H,6-11H2,1-5H3. The third-order valence-corrected chi connectivity index (χ3v) is 4.29. The van der Waals surface area contributed by atoms with Gasteiger partial charge in [0.25, 0.3) is 0 Å². The maximum absolute atomic E-state index is 4.87. The van der Waals surface area contributed by atoms with Crippen LogP contribution in [0.25, 0.3) is 0 Å². The lowest BCUT2D eigenvalue weighted by Gasteiger charge is -2.34. The molecule has 1 aliphatic heterocycles. The van der Waals surface area contributed by atoms with Crippen molar-refractivity contribution < 1.29 is 0 Å². The number of imidazole rings is 1. The van der Waals surface area contributed by atoms with Crippen LogP contribution in [0.2, 0.25) is 0 Å². The maximum atomic E-state index is 4.87. The van der Waals surface area contributed by atoms with Gasteiger partial charge in [0.1, 0.15) is 5.82 Å². The molecule has 0 spiro atoms. The first-order chi connectivity index (χ1) is 8.95. The van der Waals surface area contributed by atoms with Gasteiger partial charge >= 0.3 is 0 Å². The number of nitrogens with zero attached hydrogens (tertiary/aromatic N) is 3. The largest absolute Gasteiger partial charge is 0.330 e. The van der Waals surface area contributed by atoms with Crippen LogP contribution < -0.4 is 5.32 Å². The van der Waals surface area contributed by atoms with E-state index >= 15 is 0 Å². The lowest BCUT2D eigenvalue weighted by molar-refractivity contribution is 0.166. The van der Waals surface area contributed by atoms with E-state index in [2.05, 4.69) is 49.7 Å². The Morgan fingerprint density at radius 2 is 2.11 bits per heavy atom. The van der Waals surface area contributed by atoms with E-state index in [4.69, 9.17) is 4.98 Å². The van der Waals surface area contributed by atoms with Crippen LogP contribution in [0.1, 0.15) is 44.4 Å². The van der Waals surface area contributed by atoms with E-state index in [1.807, 2.05) is 0 Å². The molecule has 0 radical (unpaired) electrons. The number of fused-ring (bicyclic) bond motifs is 1. The Morgan fingerprint density at radius 3 is 2.74 bits per heavy atom. The molecular weight excluding hydrogens is 236 g/mol. The van der Waals surface area contributed by atoms with Crippen molar-refractivity contribution in [3.8, 4) is 0 Å². The molecule has 0 aliphatic carbocycles. The number of hydrogen-bond acceptors (Lipinski definition) is 3. The van der Waals surface area contributed by atoms with Gasteiger partial charge in [-0.15, -0.1) is 0 Å². The van der Waals surface area contributed by atoms with Crippen molar-refractivity contribution >= 4 is 0 Å². The number of likely N-dealkylation sites (N-methyl/N-ethyl adjacent to an activating group) is 1. The second-order valence-corrected chi connectivity index (χ2v) is 6.39. The molecule has 0 saturated heterocycles. The van der Waals surface area contributed by atoms with Gasteiger partial charge in [-0.25, -0.2) is 4.98 Å². The molecule has 0 fully saturated rings. The third-order valence-electron chi connectivity index (χ3n) is 4.29. The van der Waals surface area contributed by atoms with E-state index < -0.39 is 0 Å². The van der Waals surface area contributed by atoms with Crippen molar-refractivity contribution in [3.05, 3.63) is 17.2 Å². The summed E-state index contributed by atoms with van der Waals surface area (Å²) in [6, 6.07) is 0. The minimum Gasteiger partial charge on any atom is -0.330 e. The lowest BCUT2D eigenvalue weighted by atomic mass is 10.0. The van der Waals surface area contributed by atoms with Crippen molar-refractivity contribution in [2.75, 3.05) is 20.6 Å². The zero-order valence-corrected chi connectivity index (χ0v) is 13.1. The summed E-state index contributed by atoms with van der Waals surface area (Å²) in [6.07, 6.45) is 3.35. The van der Waals surface area contributed by atoms with Crippen LogP contribution in [0.5, 0.6) is 0 Å². The number of nitrogens with one attached hydrogen (secondary N) is 1. The zero-order chi connectivity index (χ0) is 14.0. The average molecular weight is 264 g/mol. The van der Waals surface area contributed by atoms with Gasteiger partial charge < -0.3 is 14.8 Å². The molecular formula is C15H28N4. The summed E-state index contributed by atoms with van der Waals surface area (Å²) in [6.45, 7) is 9.87. The highest BCUT2D eigenvalue weighted by Crippen LogP contribution is 2.22. The molecule has 2 heterocycles. The molecule has 4 heteroatoms. The molecule has 19 heavy (non-hydrogen) atoms. The molecule has 1 N–H and O–H groups in total. The Balaban J connectivity index is 2.34. The highest BCUT2D eigenvalue weighted by Gasteiger charge is 2.26. The second-order valence-electron chi connectivity index (χ2n) is 6.39. The summed E-state index contributed by atoms with van der Waals surface area (Å²) in [5.41, 5.74) is 2.88. The molecule has 108 valence electrons. The van der Waals surface area contributed by atoms with Crippen LogP contribution in [0.4, 0.5) is 0 Å². The molecule has 4 nitrogen and oxygen atoms in total. The van der Waals surface area contributed by atoms with Crippen LogP contribution in [0, 0.1) is 0 Å². The van der Waals surface area contributed by atoms with Gasteiger partial charge in [-0.2, -0.15) is 0 Å². The van der Waals surface area contributed by atoms with E-state index in [9.17, 15) is 0 Å². The van der Waals surface area contributed by atoms with Gasteiger partial charge in [0, 0.05) is 43.7 Å². The van der Waals surface area contributed by atoms with E-state index in [1.165, 1.54) is 17.2 Å². The molecule has 1 aliphatic rings. The predicted molar refractivity (Wildman–Crippen MR) is 79.4 cm³/mol. The summed E-state index contributed by atoms with van der Waals surface area (Å²) < 4.78 is 2.49. The normalized spacial score (nSPS) is 15.9. The van der Waals surface area contributed by atoms with E-state index in [1.54, 1.807) is 0 Å². The van der Waals surface area contributed by atoms with Gasteiger partial charge in [-0.1, -0.05) is 6.92 Å². The zero-order valence-electron chi connectivity index (χ0n) is 13.1. The Hall–Kier alpha value is -0.870. The SMILES string of the molecule is CCCc1nc2c(n1CC(C)(C)N(C)C)CCNC2. The molecule has 2 rings (SSSR count). The molecule has 0 atom stereocenters. The first kappa shape index (κ1) is 14.5. The molecule has 0 bridgehead atoms. The first-order valence-corrected chi connectivity index (χ1v) is 7.41. The Labute approximate surface area is 117 Å². The van der Waals surface area contributed by atoms with Crippen LogP contribution in [-0.4, -0.2) is 40.6 Å². The topological polar surface area (TPSA) is 33.1 Å². The first-order valence-electron chi connectivity index (χ1n) is 7.41. The minimum atomic E-state index is 0.155. The summed E-state index contributed by atoms with van der Waals surface area (Å²) >= 11 is 0. The summed E-state index contributed by atoms with van der Waals surface area (Å²) in [5.74, 6) is 1.27. The van der Waals surface area contributed by atoms with Crippen molar-refractivity contribution in [1.29, 1.82) is 0 Å². The smallest absolute Gasteiger partial charge is 0.109 e. The fourth-order valence-electron chi connectivity index (χ4n) is 2.56. The highest BCUT2D eigenvalue weighted by atomic mass is 15.2. The Bertz CT molecular complexity index is 432. The fraction of sp³-hybridized carbons (Fsp3) is 0.800. The Kier molecular flexibility index (Phi) is 4.31. The lowest BCUT2D eigenvalue weighted by Crippen LogP contribution is -2.43. The van der Waals surface area contributed by atoms with E-state index in [-0.39, 0.29) is 5.54 Å². The van der Waals surface area contributed by atoms with Gasteiger partial charge in [-0.05, 0) is 34.4 Å². The molecule has 1 aromatic heterocycles. The Morgan fingerprint density at radius 1 is 1.37 bits per heavy atom. The molecule has 0 amide bonds. The summed E-state index contributed by atoms with van der Waals surface area (Å²) in [7, 11) is 4.31. The number of rotatable bonds is 5. The van der Waals surface area contributed by atoms with Crippen LogP contribution in [0.15, 0.2) is 0 Å². The van der Waals surface area contributed by atoms with Crippen LogP contribution in [0.3, 0.4) is 0 Å². The van der Waals surface area contributed by atoms with Gasteiger partial charge in [0.05, 0.1) is 5.69 Å². The molecule has 1 aromatic rings. The number of aryl methyl sites for hydroxylation is 1. The molecule has 0 saturated carbocycles. The molecule has 0 unspecified atom stereocenters. The molecule has 0 aromatic carbocycles. The highest BCUT2D eigenvalue weighted by molar-refractivity contribution is 5.21. The quantitative estimate of drug-likeness (QED) is 0.880. The van der Waals surface area contributed by atoms with Crippen molar-refractivity contribution in [1.82, 2.24) is 19.8 Å². The van der Waals surface area contributed by atoms with Crippen molar-refractivity contribution in [3.63, 3.8) is 0 Å². The number of hydrogen-bond donors (Lipinski definition) is 1. The average Bonchev–Trinajstić information content (AvgIpc) is 2.68. The fourth-order valence-corrected chi connectivity index (χ4v) is 2.56. The number of aromatic nitrogens is 2. The van der Waals surface area contributed by atoms with Crippen LogP contribution in [-0.2, 0) is 25.9 Å².